The minimum Gasteiger partial charge on any atom is -0.465 e. The third-order valence-electron chi connectivity index (χ3n) is 3.66. The number of furan rings is 1. The Morgan fingerprint density at radius 2 is 1.81 bits per heavy atom. The number of aryl methyl sites for hydroxylation is 1. The summed E-state index contributed by atoms with van der Waals surface area (Å²) in [5, 5.41) is 9.37. The molecule has 3 aromatic rings. The van der Waals surface area contributed by atoms with Gasteiger partial charge in [0, 0.05) is 18.8 Å². The lowest BCUT2D eigenvalue weighted by Gasteiger charge is -2.04. The molecule has 27 heavy (non-hydrogen) atoms. The van der Waals surface area contributed by atoms with Crippen molar-refractivity contribution in [3.05, 3.63) is 65.7 Å². The largest absolute Gasteiger partial charge is 0.465 e. The third-order valence-corrected chi connectivity index (χ3v) is 3.66. The minimum atomic E-state index is -0.463. The number of rotatable bonds is 5. The Morgan fingerprint density at radius 1 is 1.07 bits per heavy atom. The smallest absolute Gasteiger partial charge is 0.337 e. The van der Waals surface area contributed by atoms with Crippen molar-refractivity contribution in [3.63, 3.8) is 0 Å². The van der Waals surface area contributed by atoms with E-state index in [0.717, 1.165) is 0 Å². The van der Waals surface area contributed by atoms with Crippen LogP contribution in [-0.4, -0.2) is 34.7 Å². The number of nitrogens with zero attached hydrogens (tertiary/aromatic N) is 2. The lowest BCUT2D eigenvalue weighted by Crippen LogP contribution is -2.13. The molecule has 2 heterocycles. The second-order valence-corrected chi connectivity index (χ2v) is 5.49. The Labute approximate surface area is 153 Å². The quantitative estimate of drug-likeness (QED) is 0.668. The summed E-state index contributed by atoms with van der Waals surface area (Å²) in [5.74, 6) is -0.895. The maximum Gasteiger partial charge on any atom is 0.337 e. The van der Waals surface area contributed by atoms with Crippen LogP contribution in [-0.2, 0) is 11.8 Å². The Kier molecular flexibility index (Phi) is 5.02. The fourth-order valence-corrected chi connectivity index (χ4v) is 2.28. The second-order valence-electron chi connectivity index (χ2n) is 5.49. The fraction of sp³-hybridized carbons (Fsp3) is 0.111. The van der Waals surface area contributed by atoms with Crippen LogP contribution >= 0.6 is 0 Å². The Morgan fingerprint density at radius 3 is 2.44 bits per heavy atom. The molecule has 0 saturated heterocycles. The molecule has 1 aromatic carbocycles. The number of hydrogen-bond acceptors (Lipinski definition) is 6. The Bertz CT molecular complexity index is 974. The SMILES string of the molecule is COC(=O)c1ccc(NC(=O)c2cc(NC(=O)c3ccco3)n(C)n2)cc1. The summed E-state index contributed by atoms with van der Waals surface area (Å²) in [6, 6.07) is 10.8. The first-order valence-electron chi connectivity index (χ1n) is 7.86. The standard InChI is InChI=1S/C18H16N4O5/c1-22-15(20-17(24)14-4-3-9-27-14)10-13(21-22)16(23)19-12-7-5-11(6-8-12)18(25)26-2/h3-10H,1-2H3,(H,19,23)(H,20,24). The lowest BCUT2D eigenvalue weighted by atomic mass is 10.2. The van der Waals surface area contributed by atoms with Crippen LogP contribution in [0.3, 0.4) is 0 Å². The molecule has 0 aliphatic heterocycles. The molecular formula is C18H16N4O5. The van der Waals surface area contributed by atoms with Crippen LogP contribution < -0.4 is 10.6 Å². The van der Waals surface area contributed by atoms with E-state index in [0.29, 0.717) is 17.1 Å². The van der Waals surface area contributed by atoms with Gasteiger partial charge in [0.15, 0.2) is 11.5 Å². The molecule has 138 valence electrons. The van der Waals surface area contributed by atoms with Gasteiger partial charge in [0.1, 0.15) is 5.82 Å². The van der Waals surface area contributed by atoms with E-state index in [4.69, 9.17) is 4.42 Å². The zero-order valence-electron chi connectivity index (χ0n) is 14.6. The number of aromatic nitrogens is 2. The van der Waals surface area contributed by atoms with E-state index in [1.165, 1.54) is 42.3 Å². The number of nitrogens with one attached hydrogen (secondary N) is 2. The van der Waals surface area contributed by atoms with Crippen molar-refractivity contribution in [2.24, 2.45) is 7.05 Å². The maximum absolute atomic E-state index is 12.4. The van der Waals surface area contributed by atoms with E-state index in [1.54, 1.807) is 25.2 Å². The monoisotopic (exact) mass is 368 g/mol. The number of carbonyl (C=O) groups excluding carboxylic acids is 3. The van der Waals surface area contributed by atoms with Gasteiger partial charge in [0.2, 0.25) is 0 Å². The topological polar surface area (TPSA) is 115 Å². The van der Waals surface area contributed by atoms with Gasteiger partial charge in [-0.15, -0.1) is 0 Å². The number of anilines is 2. The molecule has 0 unspecified atom stereocenters. The molecule has 0 spiro atoms. The Balaban J connectivity index is 1.68. The van der Waals surface area contributed by atoms with Gasteiger partial charge >= 0.3 is 5.97 Å². The molecule has 0 aliphatic rings. The second kappa shape index (κ2) is 7.56. The molecular weight excluding hydrogens is 352 g/mol. The van der Waals surface area contributed by atoms with E-state index in [2.05, 4.69) is 20.5 Å². The summed E-state index contributed by atoms with van der Waals surface area (Å²) >= 11 is 0. The number of hydrogen-bond donors (Lipinski definition) is 2. The molecule has 2 aromatic heterocycles. The van der Waals surface area contributed by atoms with Gasteiger partial charge in [-0.25, -0.2) is 4.79 Å². The highest BCUT2D eigenvalue weighted by molar-refractivity contribution is 6.05. The predicted molar refractivity (Wildman–Crippen MR) is 95.6 cm³/mol. The molecule has 0 atom stereocenters. The average molecular weight is 368 g/mol. The molecule has 0 bridgehead atoms. The van der Waals surface area contributed by atoms with Gasteiger partial charge in [-0.1, -0.05) is 0 Å². The van der Waals surface area contributed by atoms with Crippen molar-refractivity contribution in [2.45, 2.75) is 0 Å². The highest BCUT2D eigenvalue weighted by Crippen LogP contribution is 2.15. The summed E-state index contributed by atoms with van der Waals surface area (Å²) < 4.78 is 11.0. The molecule has 9 heteroatoms. The number of carbonyl (C=O) groups is 3. The van der Waals surface area contributed by atoms with Gasteiger partial charge in [0.25, 0.3) is 11.8 Å². The van der Waals surface area contributed by atoms with Crippen LogP contribution in [0.1, 0.15) is 31.4 Å². The summed E-state index contributed by atoms with van der Waals surface area (Å²) in [5.41, 5.74) is 0.972. The first-order valence-corrected chi connectivity index (χ1v) is 7.86. The van der Waals surface area contributed by atoms with Gasteiger partial charge < -0.3 is 19.8 Å². The summed E-state index contributed by atoms with van der Waals surface area (Å²) in [4.78, 5) is 35.8. The number of ether oxygens (including phenoxy) is 1. The van der Waals surface area contributed by atoms with Crippen LogP contribution in [0.4, 0.5) is 11.5 Å². The van der Waals surface area contributed by atoms with E-state index >= 15 is 0 Å². The van der Waals surface area contributed by atoms with Crippen molar-refractivity contribution in [1.29, 1.82) is 0 Å². The van der Waals surface area contributed by atoms with Crippen molar-refractivity contribution in [1.82, 2.24) is 9.78 Å². The summed E-state index contributed by atoms with van der Waals surface area (Å²) in [7, 11) is 2.89. The number of amides is 2. The molecule has 0 saturated carbocycles. The fourth-order valence-electron chi connectivity index (χ4n) is 2.28. The van der Waals surface area contributed by atoms with E-state index in [9.17, 15) is 14.4 Å². The van der Waals surface area contributed by atoms with Gasteiger partial charge in [0.05, 0.1) is 18.9 Å². The van der Waals surface area contributed by atoms with E-state index in [1.807, 2.05) is 0 Å². The summed E-state index contributed by atoms with van der Waals surface area (Å²) in [6.07, 6.45) is 1.39. The molecule has 9 nitrogen and oxygen atoms in total. The normalized spacial score (nSPS) is 10.3. The van der Waals surface area contributed by atoms with Gasteiger partial charge in [-0.3, -0.25) is 14.3 Å². The van der Waals surface area contributed by atoms with E-state index < -0.39 is 17.8 Å². The van der Waals surface area contributed by atoms with Crippen LogP contribution in [0.2, 0.25) is 0 Å². The van der Waals surface area contributed by atoms with Crippen LogP contribution in [0.5, 0.6) is 0 Å². The van der Waals surface area contributed by atoms with E-state index in [-0.39, 0.29) is 11.5 Å². The van der Waals surface area contributed by atoms with Crippen LogP contribution in [0, 0.1) is 0 Å². The number of methoxy groups -OCH3 is 1. The average Bonchev–Trinajstić information content (AvgIpc) is 3.32. The van der Waals surface area contributed by atoms with Gasteiger partial charge in [-0.2, -0.15) is 5.10 Å². The highest BCUT2D eigenvalue weighted by Gasteiger charge is 2.16. The molecule has 3 rings (SSSR count). The Hall–Kier alpha value is -3.88. The molecule has 0 radical (unpaired) electrons. The number of benzene rings is 1. The molecule has 2 N–H and O–H groups in total. The predicted octanol–water partition coefficient (Wildman–Crippen LogP) is 2.30. The first kappa shape index (κ1) is 17.9. The zero-order chi connectivity index (χ0) is 19.4. The summed E-state index contributed by atoms with van der Waals surface area (Å²) in [6.45, 7) is 0. The molecule has 0 aliphatic carbocycles. The van der Waals surface area contributed by atoms with Crippen LogP contribution in [0.15, 0.2) is 53.1 Å². The van der Waals surface area contributed by atoms with Crippen molar-refractivity contribution < 1.29 is 23.5 Å². The number of esters is 1. The van der Waals surface area contributed by atoms with Crippen molar-refractivity contribution >= 4 is 29.3 Å². The molecule has 0 fully saturated rings. The maximum atomic E-state index is 12.4. The highest BCUT2D eigenvalue weighted by atomic mass is 16.5. The van der Waals surface area contributed by atoms with Gasteiger partial charge in [-0.05, 0) is 36.4 Å². The minimum absolute atomic E-state index is 0.115. The lowest BCUT2D eigenvalue weighted by molar-refractivity contribution is 0.0600. The first-order chi connectivity index (χ1) is 13.0. The zero-order valence-corrected chi connectivity index (χ0v) is 14.6. The molecule has 2 amide bonds. The van der Waals surface area contributed by atoms with Crippen molar-refractivity contribution in [2.75, 3.05) is 17.7 Å². The third kappa shape index (κ3) is 4.03. The van der Waals surface area contributed by atoms with Crippen LogP contribution in [0.25, 0.3) is 0 Å². The van der Waals surface area contributed by atoms with Crippen molar-refractivity contribution in [3.8, 4) is 0 Å².